The van der Waals surface area contributed by atoms with Crippen molar-refractivity contribution in [1.29, 1.82) is 0 Å². The van der Waals surface area contributed by atoms with Crippen LogP contribution in [0.1, 0.15) is 30.6 Å². The molecule has 1 spiro atoms. The van der Waals surface area contributed by atoms with E-state index in [0.717, 1.165) is 51.9 Å². The smallest absolute Gasteiger partial charge is 0.248 e. The van der Waals surface area contributed by atoms with E-state index >= 15 is 0 Å². The molecule has 1 aromatic rings. The number of carbonyl (C=O) groups is 1. The second-order valence-corrected chi connectivity index (χ2v) is 8.42. The fourth-order valence-electron chi connectivity index (χ4n) is 3.97. The van der Waals surface area contributed by atoms with Crippen LogP contribution in [-0.4, -0.2) is 68.3 Å². The van der Waals surface area contributed by atoms with Gasteiger partial charge in [0.1, 0.15) is 6.61 Å². The first-order valence-electron chi connectivity index (χ1n) is 9.26. The molecule has 0 unspecified atom stereocenters. The molecule has 0 aliphatic carbocycles. The number of likely N-dealkylation sites (tertiary alicyclic amines) is 1. The van der Waals surface area contributed by atoms with Crippen LogP contribution in [0.5, 0.6) is 0 Å². The molecule has 0 aromatic carbocycles. The van der Waals surface area contributed by atoms with Crippen molar-refractivity contribution in [1.82, 2.24) is 9.80 Å². The van der Waals surface area contributed by atoms with Gasteiger partial charge < -0.3 is 14.4 Å². The Labute approximate surface area is 154 Å². The van der Waals surface area contributed by atoms with Crippen molar-refractivity contribution in [2.24, 2.45) is 5.92 Å². The molecule has 2 aliphatic rings. The molecule has 0 bridgehead atoms. The van der Waals surface area contributed by atoms with Crippen molar-refractivity contribution in [3.63, 3.8) is 0 Å². The Kier molecular flexibility index (Phi) is 6.49. The van der Waals surface area contributed by atoms with Gasteiger partial charge in [-0.15, -0.1) is 11.3 Å². The maximum atomic E-state index is 11.6. The number of thiophene rings is 1. The van der Waals surface area contributed by atoms with Crippen molar-refractivity contribution in [3.05, 3.63) is 22.4 Å². The van der Waals surface area contributed by atoms with Crippen LogP contribution in [0.4, 0.5) is 0 Å². The van der Waals surface area contributed by atoms with E-state index in [1.807, 2.05) is 11.3 Å². The van der Waals surface area contributed by atoms with Crippen LogP contribution in [0.2, 0.25) is 0 Å². The van der Waals surface area contributed by atoms with Gasteiger partial charge in [0.15, 0.2) is 0 Å². The summed E-state index contributed by atoms with van der Waals surface area (Å²) in [5, 5.41) is 2.15. The molecule has 1 aromatic heterocycles. The molecule has 0 saturated carbocycles. The molecule has 140 valence electrons. The van der Waals surface area contributed by atoms with E-state index in [1.165, 1.54) is 4.88 Å². The third-order valence-electron chi connectivity index (χ3n) is 5.60. The highest BCUT2D eigenvalue weighted by molar-refractivity contribution is 7.09. The van der Waals surface area contributed by atoms with Crippen LogP contribution in [0.15, 0.2) is 17.5 Å². The molecule has 1 atom stereocenters. The Morgan fingerprint density at radius 3 is 2.92 bits per heavy atom. The molecule has 0 radical (unpaired) electrons. The highest BCUT2D eigenvalue weighted by Crippen LogP contribution is 2.42. The number of amides is 1. The van der Waals surface area contributed by atoms with Gasteiger partial charge in [0, 0.05) is 51.8 Å². The lowest BCUT2D eigenvalue weighted by Gasteiger charge is -2.42. The largest absolute Gasteiger partial charge is 0.375 e. The number of likely N-dealkylation sites (N-methyl/N-ethyl adjacent to an activating group) is 1. The number of hydrogen-bond donors (Lipinski definition) is 0. The van der Waals surface area contributed by atoms with Gasteiger partial charge in [-0.05, 0) is 43.0 Å². The quantitative estimate of drug-likeness (QED) is 0.696. The zero-order valence-corrected chi connectivity index (χ0v) is 16.2. The second kappa shape index (κ2) is 8.62. The molecule has 2 saturated heterocycles. The minimum Gasteiger partial charge on any atom is -0.375 e. The highest BCUT2D eigenvalue weighted by Gasteiger charge is 2.45. The Bertz CT molecular complexity index is 539. The highest BCUT2D eigenvalue weighted by atomic mass is 32.1. The third kappa shape index (κ3) is 4.82. The molecule has 0 N–H and O–H groups in total. The molecule has 5 nitrogen and oxygen atoms in total. The summed E-state index contributed by atoms with van der Waals surface area (Å²) < 4.78 is 11.8. The molecule has 1 amide bonds. The summed E-state index contributed by atoms with van der Waals surface area (Å²) in [4.78, 5) is 17.1. The Morgan fingerprint density at radius 1 is 1.44 bits per heavy atom. The van der Waals surface area contributed by atoms with Gasteiger partial charge in [0.25, 0.3) is 0 Å². The number of ether oxygens (including phenoxy) is 2. The van der Waals surface area contributed by atoms with Crippen molar-refractivity contribution in [2.45, 2.75) is 37.8 Å². The predicted octanol–water partition coefficient (Wildman–Crippen LogP) is 2.61. The molecule has 3 rings (SSSR count). The molecule has 2 aliphatic heterocycles. The number of nitrogens with zero attached hydrogens (tertiary/aromatic N) is 2. The van der Waals surface area contributed by atoms with Crippen LogP contribution in [-0.2, 0) is 20.8 Å². The lowest BCUT2D eigenvalue weighted by atomic mass is 9.78. The minimum absolute atomic E-state index is 0.0271. The first-order chi connectivity index (χ1) is 12.1. The molecular weight excluding hydrogens is 336 g/mol. The maximum Gasteiger partial charge on any atom is 0.248 e. The molecular formula is C19H30N2O3S. The monoisotopic (exact) mass is 366 g/mol. The zero-order chi connectivity index (χ0) is 17.7. The van der Waals surface area contributed by atoms with Crippen LogP contribution < -0.4 is 0 Å². The molecule has 25 heavy (non-hydrogen) atoms. The van der Waals surface area contributed by atoms with E-state index in [-0.39, 0.29) is 18.1 Å². The average molecular weight is 367 g/mol. The normalized spacial score (nSPS) is 23.2. The van der Waals surface area contributed by atoms with E-state index in [2.05, 4.69) is 22.4 Å². The topological polar surface area (TPSA) is 42.0 Å². The van der Waals surface area contributed by atoms with Crippen molar-refractivity contribution < 1.29 is 14.3 Å². The fraction of sp³-hybridized carbons (Fsp3) is 0.737. The van der Waals surface area contributed by atoms with Gasteiger partial charge in [-0.1, -0.05) is 6.07 Å². The van der Waals surface area contributed by atoms with Gasteiger partial charge in [0.05, 0.1) is 5.60 Å². The summed E-state index contributed by atoms with van der Waals surface area (Å²) in [6.45, 7) is 4.97. The Hall–Kier alpha value is -0.950. The van der Waals surface area contributed by atoms with Gasteiger partial charge in [-0.2, -0.15) is 0 Å². The summed E-state index contributed by atoms with van der Waals surface area (Å²) in [6.07, 6.45) is 4.33. The minimum atomic E-state index is 0.0271. The lowest BCUT2D eigenvalue weighted by molar-refractivity contribution is -0.133. The van der Waals surface area contributed by atoms with E-state index in [4.69, 9.17) is 9.47 Å². The summed E-state index contributed by atoms with van der Waals surface area (Å²) in [6, 6.07) is 4.35. The summed E-state index contributed by atoms with van der Waals surface area (Å²) in [5.41, 5.74) is 0.0425. The molecule has 3 heterocycles. The zero-order valence-electron chi connectivity index (χ0n) is 15.4. The third-order valence-corrected chi connectivity index (χ3v) is 6.46. The number of carbonyl (C=O) groups excluding carboxylic acids is 1. The predicted molar refractivity (Wildman–Crippen MR) is 99.8 cm³/mol. The van der Waals surface area contributed by atoms with Gasteiger partial charge >= 0.3 is 0 Å². The van der Waals surface area contributed by atoms with Crippen LogP contribution >= 0.6 is 11.3 Å². The van der Waals surface area contributed by atoms with Gasteiger partial charge in [-0.3, -0.25) is 9.69 Å². The van der Waals surface area contributed by atoms with Crippen molar-refractivity contribution >= 4 is 17.2 Å². The molecule has 6 heteroatoms. The Balaban J connectivity index is 1.43. The Morgan fingerprint density at radius 2 is 2.24 bits per heavy atom. The number of hydrogen-bond acceptors (Lipinski definition) is 5. The van der Waals surface area contributed by atoms with E-state index in [1.54, 1.807) is 19.0 Å². The summed E-state index contributed by atoms with van der Waals surface area (Å²) in [5.74, 6) is 0.588. The first kappa shape index (κ1) is 18.8. The van der Waals surface area contributed by atoms with Crippen LogP contribution in [0.3, 0.4) is 0 Å². The van der Waals surface area contributed by atoms with Crippen molar-refractivity contribution in [3.8, 4) is 0 Å². The SMILES string of the molecule is CN(C)C(=O)COCC[C@H]1CCOC12CCN(Cc1cccs1)CC2. The van der Waals surface area contributed by atoms with Crippen LogP contribution in [0, 0.1) is 5.92 Å². The summed E-state index contributed by atoms with van der Waals surface area (Å²) >= 11 is 1.84. The van der Waals surface area contributed by atoms with Crippen molar-refractivity contribution in [2.75, 3.05) is 47.0 Å². The van der Waals surface area contributed by atoms with E-state index < -0.39 is 0 Å². The van der Waals surface area contributed by atoms with E-state index in [0.29, 0.717) is 12.5 Å². The summed E-state index contributed by atoms with van der Waals surface area (Å²) in [7, 11) is 3.52. The maximum absolute atomic E-state index is 11.6. The average Bonchev–Trinajstić information content (AvgIpc) is 3.24. The number of rotatable bonds is 7. The van der Waals surface area contributed by atoms with Gasteiger partial charge in [0.2, 0.25) is 5.91 Å². The molecule has 2 fully saturated rings. The second-order valence-electron chi connectivity index (χ2n) is 7.38. The van der Waals surface area contributed by atoms with Gasteiger partial charge in [-0.25, -0.2) is 0 Å². The standard InChI is InChI=1S/C19H30N2O3S/c1-20(2)18(22)15-23-11-5-16-6-12-24-19(16)7-9-21(10-8-19)14-17-4-3-13-25-17/h3-4,13,16H,5-12,14-15H2,1-2H3/t16-/m0/s1. The first-order valence-corrected chi connectivity index (χ1v) is 10.1. The fourth-order valence-corrected chi connectivity index (χ4v) is 4.72. The lowest BCUT2D eigenvalue weighted by Crippen LogP contribution is -2.47. The van der Waals surface area contributed by atoms with Crippen LogP contribution in [0.25, 0.3) is 0 Å². The van der Waals surface area contributed by atoms with E-state index in [9.17, 15) is 4.79 Å². The number of piperidine rings is 1.